The summed E-state index contributed by atoms with van der Waals surface area (Å²) in [7, 11) is -4.14. The van der Waals surface area contributed by atoms with E-state index in [0.29, 0.717) is 6.42 Å². The molecule has 6 heteroatoms. The minimum absolute atomic E-state index is 0.186. The maximum absolute atomic E-state index is 10.6. The van der Waals surface area contributed by atoms with Crippen LogP contribution in [0, 0.1) is 0 Å². The Morgan fingerprint density at radius 3 is 2.67 bits per heavy atom. The molecule has 1 atom stereocenters. The van der Waals surface area contributed by atoms with Crippen LogP contribution in [0.2, 0.25) is 0 Å². The first-order chi connectivity index (χ1) is 5.41. The second kappa shape index (κ2) is 3.18. The molecule has 0 bridgehead atoms. The lowest BCUT2D eigenvalue weighted by Gasteiger charge is -2.13. The van der Waals surface area contributed by atoms with Gasteiger partial charge in [-0.25, -0.2) is 0 Å². The van der Waals surface area contributed by atoms with Gasteiger partial charge in [-0.1, -0.05) is 17.7 Å². The Bertz CT molecular complexity index is 344. The Morgan fingerprint density at radius 2 is 2.25 bits per heavy atom. The Labute approximate surface area is 75.5 Å². The smallest absolute Gasteiger partial charge is 0.294 e. The Balaban J connectivity index is 3.01. The van der Waals surface area contributed by atoms with E-state index in [9.17, 15) is 8.42 Å². The molecule has 0 saturated carbocycles. The average Bonchev–Trinajstić information content (AvgIpc) is 1.92. The Morgan fingerprint density at radius 1 is 1.67 bits per heavy atom. The zero-order valence-electron chi connectivity index (χ0n) is 6.07. The first kappa shape index (κ1) is 9.73. The first-order valence-electron chi connectivity index (χ1n) is 3.21. The van der Waals surface area contributed by atoms with Crippen molar-refractivity contribution < 1.29 is 13.0 Å². The molecule has 3 N–H and O–H groups in total. The van der Waals surface area contributed by atoms with Gasteiger partial charge in [0.25, 0.3) is 10.1 Å². The minimum Gasteiger partial charge on any atom is -0.323 e. The standard InChI is InChI=1S/C6H8ClNO3S/c7-5-3-4(12(9,10)11)1-2-6(5)8/h1,3,6H,2,8H2,(H,9,10,11). The molecule has 1 unspecified atom stereocenters. The fourth-order valence-corrected chi connectivity index (χ4v) is 1.69. The summed E-state index contributed by atoms with van der Waals surface area (Å²) in [6, 6.07) is -0.364. The van der Waals surface area contributed by atoms with Crippen molar-refractivity contribution >= 4 is 21.7 Å². The summed E-state index contributed by atoms with van der Waals surface area (Å²) >= 11 is 5.59. The van der Waals surface area contributed by atoms with E-state index in [1.807, 2.05) is 0 Å². The van der Waals surface area contributed by atoms with Crippen LogP contribution in [0.1, 0.15) is 6.42 Å². The molecular formula is C6H8ClNO3S. The van der Waals surface area contributed by atoms with Gasteiger partial charge in [0.05, 0.1) is 4.91 Å². The van der Waals surface area contributed by atoms with Crippen LogP contribution in [0.15, 0.2) is 22.1 Å². The molecular weight excluding hydrogens is 202 g/mol. The van der Waals surface area contributed by atoms with Crippen LogP contribution < -0.4 is 5.73 Å². The van der Waals surface area contributed by atoms with Gasteiger partial charge in [-0.15, -0.1) is 0 Å². The third-order valence-corrected chi connectivity index (χ3v) is 2.77. The van der Waals surface area contributed by atoms with Crippen LogP contribution in [0.25, 0.3) is 0 Å². The van der Waals surface area contributed by atoms with Gasteiger partial charge in [0.15, 0.2) is 0 Å². The predicted octanol–water partition coefficient (Wildman–Crippen LogP) is 0.612. The molecule has 1 rings (SSSR count). The van der Waals surface area contributed by atoms with Gasteiger partial charge >= 0.3 is 0 Å². The highest BCUT2D eigenvalue weighted by Gasteiger charge is 2.18. The highest BCUT2D eigenvalue weighted by molar-refractivity contribution is 7.90. The van der Waals surface area contributed by atoms with Gasteiger partial charge in [0.1, 0.15) is 0 Å². The number of hydrogen-bond acceptors (Lipinski definition) is 3. The van der Waals surface area contributed by atoms with Crippen LogP contribution in [-0.4, -0.2) is 19.0 Å². The van der Waals surface area contributed by atoms with E-state index in [2.05, 4.69) is 0 Å². The lowest BCUT2D eigenvalue weighted by Crippen LogP contribution is -2.22. The monoisotopic (exact) mass is 209 g/mol. The van der Waals surface area contributed by atoms with Crippen LogP contribution >= 0.6 is 11.6 Å². The number of hydrogen-bond donors (Lipinski definition) is 2. The van der Waals surface area contributed by atoms with Crippen molar-refractivity contribution in [2.45, 2.75) is 12.5 Å². The number of halogens is 1. The molecule has 0 amide bonds. The minimum atomic E-state index is -4.14. The second-order valence-corrected chi connectivity index (χ2v) is 4.31. The molecule has 0 spiro atoms. The molecule has 1 aliphatic carbocycles. The summed E-state index contributed by atoms with van der Waals surface area (Å²) in [6.07, 6.45) is 2.82. The molecule has 0 fully saturated rings. The molecule has 0 aromatic heterocycles. The van der Waals surface area contributed by atoms with Gasteiger partial charge in [-0.05, 0) is 12.5 Å². The summed E-state index contributed by atoms with van der Waals surface area (Å²) in [5.41, 5.74) is 5.46. The highest BCUT2D eigenvalue weighted by Crippen LogP contribution is 2.22. The fraction of sp³-hybridized carbons (Fsp3) is 0.333. The third-order valence-electron chi connectivity index (χ3n) is 1.51. The molecule has 0 aliphatic heterocycles. The van der Waals surface area contributed by atoms with Crippen LogP contribution in [0.3, 0.4) is 0 Å². The largest absolute Gasteiger partial charge is 0.323 e. The lowest BCUT2D eigenvalue weighted by atomic mass is 10.1. The summed E-state index contributed by atoms with van der Waals surface area (Å²) in [5, 5.41) is 0.241. The van der Waals surface area contributed by atoms with Crippen molar-refractivity contribution in [3.63, 3.8) is 0 Å². The van der Waals surface area contributed by atoms with E-state index in [4.69, 9.17) is 21.9 Å². The van der Waals surface area contributed by atoms with E-state index in [-0.39, 0.29) is 16.0 Å². The van der Waals surface area contributed by atoms with Crippen LogP contribution in [0.4, 0.5) is 0 Å². The summed E-state index contributed by atoms with van der Waals surface area (Å²) in [4.78, 5) is -0.186. The molecule has 0 aromatic carbocycles. The molecule has 0 heterocycles. The number of allylic oxidation sites excluding steroid dienone is 1. The van der Waals surface area contributed by atoms with Crippen molar-refractivity contribution in [2.24, 2.45) is 5.73 Å². The third kappa shape index (κ3) is 2.07. The Hall–Kier alpha value is -0.360. The summed E-state index contributed by atoms with van der Waals surface area (Å²) < 4.78 is 29.8. The van der Waals surface area contributed by atoms with E-state index in [1.165, 1.54) is 6.08 Å². The van der Waals surface area contributed by atoms with Gasteiger partial charge in [-0.3, -0.25) is 4.55 Å². The van der Waals surface area contributed by atoms with Crippen LogP contribution in [-0.2, 0) is 10.1 Å². The molecule has 12 heavy (non-hydrogen) atoms. The summed E-state index contributed by atoms with van der Waals surface area (Å²) in [5.74, 6) is 0. The first-order valence-corrected chi connectivity index (χ1v) is 5.03. The Kier molecular flexibility index (Phi) is 2.58. The van der Waals surface area contributed by atoms with Crippen molar-refractivity contribution in [1.29, 1.82) is 0 Å². The second-order valence-electron chi connectivity index (χ2n) is 2.45. The topological polar surface area (TPSA) is 80.4 Å². The maximum atomic E-state index is 10.6. The van der Waals surface area contributed by atoms with E-state index < -0.39 is 10.1 Å². The van der Waals surface area contributed by atoms with Gasteiger partial charge in [-0.2, -0.15) is 8.42 Å². The molecule has 0 saturated heterocycles. The van der Waals surface area contributed by atoms with E-state index >= 15 is 0 Å². The van der Waals surface area contributed by atoms with Crippen molar-refractivity contribution in [1.82, 2.24) is 0 Å². The zero-order valence-corrected chi connectivity index (χ0v) is 7.64. The van der Waals surface area contributed by atoms with E-state index in [1.54, 1.807) is 0 Å². The van der Waals surface area contributed by atoms with Gasteiger partial charge in [0.2, 0.25) is 0 Å². The molecule has 0 aromatic rings. The summed E-state index contributed by atoms with van der Waals surface area (Å²) in [6.45, 7) is 0. The van der Waals surface area contributed by atoms with Gasteiger partial charge < -0.3 is 5.73 Å². The number of nitrogens with two attached hydrogens (primary N) is 1. The molecule has 4 nitrogen and oxygen atoms in total. The highest BCUT2D eigenvalue weighted by atomic mass is 35.5. The maximum Gasteiger partial charge on any atom is 0.294 e. The SMILES string of the molecule is NC1CC=C(S(=O)(=O)O)C=C1Cl. The van der Waals surface area contributed by atoms with E-state index in [0.717, 1.165) is 6.08 Å². The lowest BCUT2D eigenvalue weighted by molar-refractivity contribution is 0.491. The predicted molar refractivity (Wildman–Crippen MR) is 46.2 cm³/mol. The molecule has 68 valence electrons. The zero-order chi connectivity index (χ0) is 9.35. The van der Waals surface area contributed by atoms with Crippen LogP contribution in [0.5, 0.6) is 0 Å². The van der Waals surface area contributed by atoms with Crippen molar-refractivity contribution in [3.05, 3.63) is 22.1 Å². The number of rotatable bonds is 1. The van der Waals surface area contributed by atoms with Crippen molar-refractivity contribution in [2.75, 3.05) is 0 Å². The molecule has 1 aliphatic rings. The average molecular weight is 210 g/mol. The fourth-order valence-electron chi connectivity index (χ4n) is 0.837. The van der Waals surface area contributed by atoms with Crippen molar-refractivity contribution in [3.8, 4) is 0 Å². The normalized spacial score (nSPS) is 24.8. The van der Waals surface area contributed by atoms with Gasteiger partial charge in [0, 0.05) is 11.1 Å². The quantitative estimate of drug-likeness (QED) is 0.621. The molecule has 0 radical (unpaired) electrons.